The summed E-state index contributed by atoms with van der Waals surface area (Å²) in [7, 11) is 0. The number of aromatic nitrogens is 4. The van der Waals surface area contributed by atoms with Crippen LogP contribution in [0, 0.1) is 5.92 Å². The first-order valence-corrected chi connectivity index (χ1v) is 11.4. The molecule has 210 valence electrons. The third-order valence-corrected chi connectivity index (χ3v) is 5.59. The van der Waals surface area contributed by atoms with Crippen molar-refractivity contribution >= 4 is 23.0 Å². The van der Waals surface area contributed by atoms with Crippen LogP contribution in [0.4, 0.5) is 26.3 Å². The molecule has 3 heterocycles. The number of fused-ring (bicyclic) bond motifs is 1. The van der Waals surface area contributed by atoms with E-state index in [1.165, 1.54) is 31.4 Å². The van der Waals surface area contributed by atoms with Gasteiger partial charge in [0.1, 0.15) is 0 Å². The first kappa shape index (κ1) is 30.6. The van der Waals surface area contributed by atoms with Gasteiger partial charge < -0.3 is 24.2 Å². The molecule has 15 heteroatoms. The van der Waals surface area contributed by atoms with Gasteiger partial charge in [0, 0.05) is 38.1 Å². The van der Waals surface area contributed by atoms with Gasteiger partial charge in [0.2, 0.25) is 0 Å². The Bertz CT molecular complexity index is 1140. The lowest BCUT2D eigenvalue weighted by molar-refractivity contribution is -0.193. The molecule has 1 aromatic carbocycles. The number of aliphatic carboxylic acids is 2. The highest BCUT2D eigenvalue weighted by atomic mass is 19.4. The molecule has 0 radical (unpaired) electrons. The highest BCUT2D eigenvalue weighted by Gasteiger charge is 2.38. The second-order valence-electron chi connectivity index (χ2n) is 8.62. The molecule has 2 atom stereocenters. The number of alkyl halides is 6. The fourth-order valence-electron chi connectivity index (χ4n) is 3.95. The van der Waals surface area contributed by atoms with Crippen LogP contribution in [-0.4, -0.2) is 78.1 Å². The zero-order valence-electron chi connectivity index (χ0n) is 20.2. The normalized spacial score (nSPS) is 17.1. The van der Waals surface area contributed by atoms with Gasteiger partial charge in [-0.15, -0.1) is 0 Å². The summed E-state index contributed by atoms with van der Waals surface area (Å²) in [5.74, 6) is -4.79. The van der Waals surface area contributed by atoms with Crippen LogP contribution in [0.1, 0.15) is 25.8 Å². The Morgan fingerprint density at radius 2 is 1.66 bits per heavy atom. The molecule has 0 bridgehead atoms. The Morgan fingerprint density at radius 3 is 2.21 bits per heavy atom. The fraction of sp³-hybridized carbons (Fsp3) is 0.478. The predicted molar refractivity (Wildman–Crippen MR) is 123 cm³/mol. The Morgan fingerprint density at radius 1 is 1.05 bits per heavy atom. The number of carbonyl (C=O) groups is 2. The molecule has 0 amide bonds. The number of likely N-dealkylation sites (tertiary alicyclic amines) is 1. The topological polar surface area (TPSA) is 113 Å². The smallest absolute Gasteiger partial charge is 0.475 e. The standard InChI is InChI=1S/C19H25N5.2C2HF3O2/c1-16(24-15-21-18-6-2-3-7-19(18)24)11-22-9-4-5-17(12-22)13-23-10-8-20-14-23;2*3-2(4,5)1(6)7/h2-3,6-8,10,14-17H,4-5,9,11-13H2,1H3;2*(H,6,7). The van der Waals surface area contributed by atoms with Crippen molar-refractivity contribution in [2.24, 2.45) is 5.92 Å². The average molecular weight is 551 g/mol. The van der Waals surface area contributed by atoms with Gasteiger partial charge in [-0.2, -0.15) is 26.3 Å². The van der Waals surface area contributed by atoms with Crippen LogP contribution in [0.15, 0.2) is 49.3 Å². The lowest BCUT2D eigenvalue weighted by Crippen LogP contribution is -2.39. The number of hydrogen-bond donors (Lipinski definition) is 2. The van der Waals surface area contributed by atoms with Gasteiger partial charge in [-0.1, -0.05) is 12.1 Å². The summed E-state index contributed by atoms with van der Waals surface area (Å²) in [6, 6.07) is 8.83. The first-order chi connectivity index (χ1) is 17.7. The fourth-order valence-corrected chi connectivity index (χ4v) is 3.95. The number of halogens is 6. The Hall–Kier alpha value is -3.62. The minimum Gasteiger partial charge on any atom is -0.475 e. The molecule has 2 N–H and O–H groups in total. The molecule has 0 aliphatic carbocycles. The highest BCUT2D eigenvalue weighted by molar-refractivity contribution is 5.75. The molecule has 0 spiro atoms. The predicted octanol–water partition coefficient (Wildman–Crippen LogP) is 4.47. The van der Waals surface area contributed by atoms with E-state index in [1.54, 1.807) is 0 Å². The Balaban J connectivity index is 0.000000301. The van der Waals surface area contributed by atoms with Crippen molar-refractivity contribution in [2.45, 2.75) is 44.7 Å². The quantitative estimate of drug-likeness (QED) is 0.450. The molecule has 2 aromatic heterocycles. The van der Waals surface area contributed by atoms with Crippen molar-refractivity contribution in [1.82, 2.24) is 24.0 Å². The number of rotatable bonds is 5. The van der Waals surface area contributed by atoms with Gasteiger partial charge in [-0.05, 0) is 44.4 Å². The van der Waals surface area contributed by atoms with Gasteiger partial charge in [0.25, 0.3) is 0 Å². The number of nitrogens with zero attached hydrogens (tertiary/aromatic N) is 5. The first-order valence-electron chi connectivity index (χ1n) is 11.4. The molecule has 1 fully saturated rings. The number of para-hydroxylation sites is 2. The van der Waals surface area contributed by atoms with E-state index in [2.05, 4.69) is 61.4 Å². The van der Waals surface area contributed by atoms with Crippen LogP contribution < -0.4 is 0 Å². The Kier molecular flexibility index (Phi) is 10.7. The molecule has 4 rings (SSSR count). The maximum absolute atomic E-state index is 10.6. The second kappa shape index (κ2) is 13.3. The van der Waals surface area contributed by atoms with Crippen molar-refractivity contribution in [1.29, 1.82) is 0 Å². The van der Waals surface area contributed by atoms with E-state index >= 15 is 0 Å². The SMILES string of the molecule is CC(CN1CCCC(Cn2ccnc2)C1)n1cnc2ccccc21.O=C(O)C(F)(F)F.O=C(O)C(F)(F)F. The molecule has 2 unspecified atom stereocenters. The van der Waals surface area contributed by atoms with Crippen LogP contribution in [0.3, 0.4) is 0 Å². The van der Waals surface area contributed by atoms with E-state index < -0.39 is 24.3 Å². The van der Waals surface area contributed by atoms with Gasteiger partial charge in [-0.25, -0.2) is 19.6 Å². The number of hydrogen-bond acceptors (Lipinski definition) is 5. The maximum Gasteiger partial charge on any atom is 0.490 e. The number of piperidine rings is 1. The van der Waals surface area contributed by atoms with Crippen molar-refractivity contribution in [3.05, 3.63) is 49.3 Å². The largest absolute Gasteiger partial charge is 0.490 e. The third-order valence-electron chi connectivity index (χ3n) is 5.59. The number of benzene rings is 1. The van der Waals surface area contributed by atoms with Crippen molar-refractivity contribution in [3.8, 4) is 0 Å². The molecule has 9 nitrogen and oxygen atoms in total. The van der Waals surface area contributed by atoms with Crippen molar-refractivity contribution in [2.75, 3.05) is 19.6 Å². The van der Waals surface area contributed by atoms with E-state index in [1.807, 2.05) is 18.9 Å². The summed E-state index contributed by atoms with van der Waals surface area (Å²) in [6.45, 7) is 6.85. The van der Waals surface area contributed by atoms with Crippen LogP contribution in [0.5, 0.6) is 0 Å². The minimum atomic E-state index is -5.08. The van der Waals surface area contributed by atoms with E-state index in [0.717, 1.165) is 24.5 Å². The molecule has 1 aliphatic rings. The zero-order chi connectivity index (χ0) is 28.5. The molecule has 1 saturated heterocycles. The zero-order valence-corrected chi connectivity index (χ0v) is 20.2. The molecule has 0 saturated carbocycles. The number of imidazole rings is 2. The molecule has 38 heavy (non-hydrogen) atoms. The molecular weight excluding hydrogens is 524 g/mol. The van der Waals surface area contributed by atoms with E-state index in [9.17, 15) is 26.3 Å². The molecule has 1 aliphatic heterocycles. The molecular formula is C23H27F6N5O4. The van der Waals surface area contributed by atoms with Gasteiger partial charge in [-0.3, -0.25) is 0 Å². The summed E-state index contributed by atoms with van der Waals surface area (Å²) in [4.78, 5) is 29.1. The van der Waals surface area contributed by atoms with E-state index in [4.69, 9.17) is 19.8 Å². The van der Waals surface area contributed by atoms with Crippen molar-refractivity contribution in [3.63, 3.8) is 0 Å². The summed E-state index contributed by atoms with van der Waals surface area (Å²) < 4.78 is 68.0. The number of carboxylic acid groups (broad SMARTS) is 2. The summed E-state index contributed by atoms with van der Waals surface area (Å²) in [5.41, 5.74) is 2.32. The van der Waals surface area contributed by atoms with E-state index in [0.29, 0.717) is 6.04 Å². The summed E-state index contributed by atoms with van der Waals surface area (Å²) in [6.07, 6.45) is 0.293. The van der Waals surface area contributed by atoms with Crippen LogP contribution in [0.2, 0.25) is 0 Å². The third kappa shape index (κ3) is 9.68. The summed E-state index contributed by atoms with van der Waals surface area (Å²) in [5, 5.41) is 14.2. The molecule has 3 aromatic rings. The van der Waals surface area contributed by atoms with Crippen molar-refractivity contribution < 1.29 is 46.1 Å². The minimum absolute atomic E-state index is 0.435. The van der Waals surface area contributed by atoms with Gasteiger partial charge >= 0.3 is 24.3 Å². The van der Waals surface area contributed by atoms with Crippen LogP contribution in [0.25, 0.3) is 11.0 Å². The van der Waals surface area contributed by atoms with Crippen LogP contribution in [-0.2, 0) is 16.1 Å². The lowest BCUT2D eigenvalue weighted by Gasteiger charge is -2.34. The monoisotopic (exact) mass is 551 g/mol. The number of carboxylic acids is 2. The highest BCUT2D eigenvalue weighted by Crippen LogP contribution is 2.23. The van der Waals surface area contributed by atoms with Gasteiger partial charge in [0.15, 0.2) is 0 Å². The second-order valence-corrected chi connectivity index (χ2v) is 8.62. The lowest BCUT2D eigenvalue weighted by atomic mass is 9.97. The Labute approximate surface area is 213 Å². The average Bonchev–Trinajstić information content (AvgIpc) is 3.49. The summed E-state index contributed by atoms with van der Waals surface area (Å²) >= 11 is 0. The maximum atomic E-state index is 10.6. The van der Waals surface area contributed by atoms with Gasteiger partial charge in [0.05, 0.1) is 23.7 Å². The van der Waals surface area contributed by atoms with Crippen LogP contribution >= 0.6 is 0 Å². The van der Waals surface area contributed by atoms with E-state index in [-0.39, 0.29) is 0 Å².